The van der Waals surface area contributed by atoms with Gasteiger partial charge in [-0.25, -0.2) is 5.84 Å². The van der Waals surface area contributed by atoms with Crippen molar-refractivity contribution in [2.24, 2.45) is 5.84 Å². The predicted molar refractivity (Wildman–Crippen MR) is 193 cm³/mol. The van der Waals surface area contributed by atoms with Crippen LogP contribution in [0.1, 0.15) is 48.7 Å². The Hall–Kier alpha value is -2.72. The van der Waals surface area contributed by atoms with Crippen LogP contribution < -0.4 is 60.9 Å². The Balaban J connectivity index is 0.000000220. The Morgan fingerprint density at radius 2 is 1.45 bits per heavy atom. The summed E-state index contributed by atoms with van der Waals surface area (Å²) in [6.07, 6.45) is 2.86. The number of aryl methyl sites for hydroxylation is 3. The molecule has 0 amide bonds. The van der Waals surface area contributed by atoms with Crippen molar-refractivity contribution >= 4 is 64.5 Å². The second-order valence-electron chi connectivity index (χ2n) is 11.8. The van der Waals surface area contributed by atoms with Crippen molar-refractivity contribution in [3.8, 4) is 0 Å². The van der Waals surface area contributed by atoms with Crippen LogP contribution in [-0.4, -0.2) is 19.0 Å². The van der Waals surface area contributed by atoms with Crippen molar-refractivity contribution < 1.29 is 63.1 Å². The van der Waals surface area contributed by atoms with E-state index in [-0.39, 0.29) is 51.9 Å². The van der Waals surface area contributed by atoms with E-state index in [0.717, 1.165) is 32.4 Å². The standard InChI is InChI=1S/C19H23N3O3S2.C18H16NS.BrH.HI/c1-3-15(22(20)16-8-10-17(11-9-16)27(23,24)25)12-13-21-14(2)26-19-7-5-4-6-18(19)21;1-13-11-12-19-15-9-5-6-10-16(15)20-18(19)17(13)14-7-3-2-4-8-14;;/h4-11,15H,3,12-13,20H2,1-2H3;2-10H,11-12H2,1H3;2*1H/q;+1;;/p-1. The van der Waals surface area contributed by atoms with Gasteiger partial charge < -0.3 is 46.0 Å². The van der Waals surface area contributed by atoms with Crippen LogP contribution in [0.2, 0.25) is 0 Å². The molecule has 258 valence electrons. The number of anilines is 1. The zero-order valence-corrected chi connectivity index (χ0v) is 33.8. The highest BCUT2D eigenvalue weighted by Crippen LogP contribution is 2.35. The molecule has 4 aromatic carbocycles. The Morgan fingerprint density at radius 1 is 0.857 bits per heavy atom. The molecule has 7 rings (SSSR count). The molecule has 6 aromatic rings. The fourth-order valence-corrected chi connectivity index (χ4v) is 9.11. The highest BCUT2D eigenvalue weighted by atomic mass is 127. The summed E-state index contributed by atoms with van der Waals surface area (Å²) in [4.78, 5) is -0.136. The summed E-state index contributed by atoms with van der Waals surface area (Å²) in [6, 6.07) is 33.9. The molecule has 1 atom stereocenters. The Morgan fingerprint density at radius 3 is 2.08 bits per heavy atom. The predicted octanol–water partition coefficient (Wildman–Crippen LogP) is 1.72. The van der Waals surface area contributed by atoms with Crippen molar-refractivity contribution in [1.29, 1.82) is 0 Å². The zero-order chi connectivity index (χ0) is 33.1. The SMILES string of the molecule is CC1=C(c2ccccc2)c2sc3ccccc3[n+]2CC1.CCC(CC[n+]1c(C)sc2ccccc21)N(N)c1ccc(S(=O)(=O)O)cc1.[Br-].[I-]. The number of thiazole rings is 2. The van der Waals surface area contributed by atoms with E-state index >= 15 is 0 Å². The van der Waals surface area contributed by atoms with Gasteiger partial charge >= 0.3 is 0 Å². The van der Waals surface area contributed by atoms with Crippen molar-refractivity contribution in [2.45, 2.75) is 64.1 Å². The van der Waals surface area contributed by atoms with E-state index in [4.69, 9.17) is 10.4 Å². The fraction of sp³-hybridized carbons (Fsp3) is 0.243. The third-order valence-electron chi connectivity index (χ3n) is 8.80. The molecular weight excluding hydrogens is 851 g/mol. The van der Waals surface area contributed by atoms with Crippen LogP contribution in [0, 0.1) is 6.92 Å². The molecule has 1 aliphatic rings. The summed E-state index contributed by atoms with van der Waals surface area (Å²) < 4.78 is 38.9. The largest absolute Gasteiger partial charge is 1.00 e. The molecule has 0 radical (unpaired) electrons. The summed E-state index contributed by atoms with van der Waals surface area (Å²) in [7, 11) is -4.20. The second kappa shape index (κ2) is 17.0. The third-order valence-corrected chi connectivity index (χ3v) is 11.9. The lowest BCUT2D eigenvalue weighted by Crippen LogP contribution is -3.00. The van der Waals surface area contributed by atoms with E-state index in [1.807, 2.05) is 17.4 Å². The average molecular weight is 892 g/mol. The third kappa shape index (κ3) is 8.61. The molecule has 3 N–H and O–H groups in total. The lowest BCUT2D eigenvalue weighted by Gasteiger charge is -2.27. The molecule has 0 bridgehead atoms. The van der Waals surface area contributed by atoms with E-state index in [1.54, 1.807) is 28.5 Å². The molecule has 1 aliphatic heterocycles. The number of halogens is 2. The number of hydrogen-bond donors (Lipinski definition) is 2. The number of hydrogen-bond acceptors (Lipinski definition) is 6. The smallest absolute Gasteiger partial charge is 0.294 e. The lowest BCUT2D eigenvalue weighted by atomic mass is 9.97. The lowest BCUT2D eigenvalue weighted by molar-refractivity contribution is -0.673. The second-order valence-corrected chi connectivity index (χ2v) is 15.5. The average Bonchev–Trinajstić information content (AvgIpc) is 3.61. The van der Waals surface area contributed by atoms with Gasteiger partial charge in [0.15, 0.2) is 13.1 Å². The Kier molecular flexibility index (Phi) is 13.6. The molecule has 49 heavy (non-hydrogen) atoms. The van der Waals surface area contributed by atoms with Crippen LogP contribution >= 0.6 is 22.7 Å². The number of fused-ring (bicyclic) bond motifs is 4. The van der Waals surface area contributed by atoms with Gasteiger partial charge in [0.2, 0.25) is 16.0 Å². The van der Waals surface area contributed by atoms with Gasteiger partial charge in [0.25, 0.3) is 15.1 Å². The number of aromatic nitrogens is 2. The van der Waals surface area contributed by atoms with Gasteiger partial charge in [-0.3, -0.25) is 4.55 Å². The van der Waals surface area contributed by atoms with Gasteiger partial charge in [-0.2, -0.15) is 17.6 Å². The molecule has 0 fully saturated rings. The normalized spacial score (nSPS) is 13.2. The summed E-state index contributed by atoms with van der Waals surface area (Å²) in [5.41, 5.74) is 7.58. The maximum absolute atomic E-state index is 11.2. The highest BCUT2D eigenvalue weighted by molar-refractivity contribution is 7.85. The molecule has 0 saturated carbocycles. The van der Waals surface area contributed by atoms with Crippen LogP contribution in [0.25, 0.3) is 26.0 Å². The molecule has 3 heterocycles. The van der Waals surface area contributed by atoms with Gasteiger partial charge in [0, 0.05) is 31.9 Å². The van der Waals surface area contributed by atoms with E-state index in [9.17, 15) is 8.42 Å². The van der Waals surface area contributed by atoms with Gasteiger partial charge in [-0.1, -0.05) is 89.8 Å². The first-order valence-corrected chi connectivity index (χ1v) is 18.9. The molecule has 1 unspecified atom stereocenters. The number of hydrazine groups is 1. The van der Waals surface area contributed by atoms with Crippen LogP contribution in [0.4, 0.5) is 5.69 Å². The molecule has 0 aliphatic carbocycles. The molecule has 0 saturated heterocycles. The highest BCUT2D eigenvalue weighted by Gasteiger charge is 2.29. The van der Waals surface area contributed by atoms with Gasteiger partial charge in [-0.15, -0.1) is 0 Å². The van der Waals surface area contributed by atoms with Crippen LogP contribution in [0.15, 0.2) is 114 Å². The van der Waals surface area contributed by atoms with E-state index in [0.29, 0.717) is 5.69 Å². The quantitative estimate of drug-likeness (QED) is 0.0800. The molecule has 0 spiro atoms. The molecule has 12 heteroatoms. The van der Waals surface area contributed by atoms with Crippen LogP contribution in [0.5, 0.6) is 0 Å². The fourth-order valence-electron chi connectivity index (χ4n) is 6.25. The number of para-hydroxylation sites is 2. The first-order valence-electron chi connectivity index (χ1n) is 15.8. The minimum atomic E-state index is -4.20. The van der Waals surface area contributed by atoms with E-state index in [2.05, 4.69) is 103 Å². The van der Waals surface area contributed by atoms with E-state index in [1.165, 1.54) is 59.3 Å². The summed E-state index contributed by atoms with van der Waals surface area (Å²) in [5, 5.41) is 4.34. The summed E-state index contributed by atoms with van der Waals surface area (Å²) >= 11 is 3.70. The van der Waals surface area contributed by atoms with Crippen molar-refractivity contribution in [1.82, 2.24) is 0 Å². The number of benzene rings is 4. The molecule has 7 nitrogen and oxygen atoms in total. The maximum Gasteiger partial charge on any atom is 0.294 e. The summed E-state index contributed by atoms with van der Waals surface area (Å²) in [6.45, 7) is 8.43. The van der Waals surface area contributed by atoms with Gasteiger partial charge in [0.05, 0.1) is 22.2 Å². The topological polar surface area (TPSA) is 91.4 Å². The van der Waals surface area contributed by atoms with Crippen molar-refractivity contribution in [3.63, 3.8) is 0 Å². The van der Waals surface area contributed by atoms with Crippen molar-refractivity contribution in [2.75, 3.05) is 5.01 Å². The molecule has 2 aromatic heterocycles. The minimum Gasteiger partial charge on any atom is -1.00 e. The number of nitrogens with two attached hydrogens (primary N) is 1. The van der Waals surface area contributed by atoms with Gasteiger partial charge in [0.1, 0.15) is 9.40 Å². The van der Waals surface area contributed by atoms with Crippen LogP contribution in [-0.2, 0) is 23.2 Å². The first kappa shape index (κ1) is 39.1. The minimum absolute atomic E-state index is 0. The zero-order valence-electron chi connectivity index (χ0n) is 27.6. The maximum atomic E-state index is 11.2. The van der Waals surface area contributed by atoms with Crippen molar-refractivity contribution in [3.05, 3.63) is 124 Å². The number of rotatable bonds is 8. The number of nitrogens with zero attached hydrogens (tertiary/aromatic N) is 3. The number of allylic oxidation sites excluding steroid dienone is 1. The summed E-state index contributed by atoms with van der Waals surface area (Å²) in [5.74, 6) is 6.31. The van der Waals surface area contributed by atoms with Gasteiger partial charge in [-0.05, 0) is 55.3 Å². The Labute approximate surface area is 324 Å². The van der Waals surface area contributed by atoms with Crippen LogP contribution in [0.3, 0.4) is 0 Å². The Bertz CT molecular complexity index is 2170. The molecular formula is C37H40BrIN4O3S3. The van der Waals surface area contributed by atoms with E-state index < -0.39 is 10.1 Å². The first-order chi connectivity index (χ1) is 22.7. The monoisotopic (exact) mass is 890 g/mol.